The van der Waals surface area contributed by atoms with Crippen LogP contribution in [0.15, 0.2) is 58.5 Å². The maximum Gasteiger partial charge on any atom is 0.0848 e. The average Bonchev–Trinajstić information content (AvgIpc) is 3.29. The van der Waals surface area contributed by atoms with Crippen molar-refractivity contribution in [1.29, 1.82) is 0 Å². The van der Waals surface area contributed by atoms with Gasteiger partial charge in [0, 0.05) is 16.5 Å². The van der Waals surface area contributed by atoms with Crippen molar-refractivity contribution in [2.45, 2.75) is 292 Å². The summed E-state index contributed by atoms with van der Waals surface area (Å²) < 4.78 is 0. The molecular formula is C61H104N2Ni. The normalized spacial score (nSPS) is 12.2. The zero-order valence-corrected chi connectivity index (χ0v) is 44.4. The van der Waals surface area contributed by atoms with E-state index in [0.29, 0.717) is 0 Å². The second-order valence-corrected chi connectivity index (χ2v) is 19.4. The number of allylic oxidation sites excluding steroid dienone is 2. The number of aryl methyl sites for hydroxylation is 4. The van der Waals surface area contributed by atoms with Crippen molar-refractivity contribution < 1.29 is 16.5 Å². The van der Waals surface area contributed by atoms with Crippen LogP contribution in [0.4, 0.5) is 11.4 Å². The fourth-order valence-corrected chi connectivity index (χ4v) is 9.21. The van der Waals surface area contributed by atoms with Crippen LogP contribution in [0, 0.1) is 0 Å². The van der Waals surface area contributed by atoms with Gasteiger partial charge in [-0.1, -0.05) is 233 Å². The van der Waals surface area contributed by atoms with Crippen LogP contribution in [-0.2, 0) is 42.2 Å². The third kappa shape index (κ3) is 30.3. The van der Waals surface area contributed by atoms with Crippen LogP contribution in [0.5, 0.6) is 0 Å². The van der Waals surface area contributed by atoms with Crippen LogP contribution in [0.25, 0.3) is 0 Å². The van der Waals surface area contributed by atoms with Gasteiger partial charge in [0.05, 0.1) is 22.8 Å². The minimum absolute atomic E-state index is 0. The van der Waals surface area contributed by atoms with Crippen LogP contribution >= 0.6 is 0 Å². The van der Waals surface area contributed by atoms with Crippen molar-refractivity contribution >= 4 is 22.8 Å². The Kier molecular flexibility index (Phi) is 40.9. The fourth-order valence-electron chi connectivity index (χ4n) is 9.21. The summed E-state index contributed by atoms with van der Waals surface area (Å²) in [6.45, 7) is 13.9. The monoisotopic (exact) mass is 923 g/mol. The largest absolute Gasteiger partial charge is 0.251 e. The summed E-state index contributed by atoms with van der Waals surface area (Å²) in [5, 5.41) is 0. The maximum absolute atomic E-state index is 5.60. The summed E-state index contributed by atoms with van der Waals surface area (Å²) >= 11 is 0. The van der Waals surface area contributed by atoms with E-state index in [0.717, 1.165) is 42.8 Å². The molecule has 3 heteroatoms. The minimum Gasteiger partial charge on any atom is -0.251 e. The molecule has 0 saturated carbocycles. The van der Waals surface area contributed by atoms with E-state index in [-0.39, 0.29) is 16.5 Å². The van der Waals surface area contributed by atoms with Gasteiger partial charge in [-0.25, -0.2) is 4.99 Å². The van der Waals surface area contributed by atoms with Crippen LogP contribution in [0.3, 0.4) is 0 Å². The number of aliphatic imine (C=N–C) groups is 2. The molecule has 2 aromatic rings. The number of unbranched alkanes of at least 4 members (excludes halogenated alkanes) is 28. The van der Waals surface area contributed by atoms with Gasteiger partial charge in [-0.15, -0.1) is 0 Å². The molecule has 0 fully saturated rings. The molecule has 0 atom stereocenters. The molecule has 0 spiro atoms. The zero-order valence-electron chi connectivity index (χ0n) is 43.4. The predicted octanol–water partition coefficient (Wildman–Crippen LogP) is 21.0. The molecule has 0 amide bonds. The van der Waals surface area contributed by atoms with E-state index in [1.165, 1.54) is 242 Å². The standard InChI is InChI=1S/C61H104N2.Ni/c1-7-13-19-21-23-24-25-26-27-28-29-30-31-32-33-35-41-47-61(63-59-51-49-55(43-37-16-10-4)57(53-59)45-39-18-12-6)60(46-40-34-22-20-14-8-2)62-58-50-48-54(42-36-15-9-3)56(52-58)44-38-17-11-5;/h41,47-53H,7-40,42-46H2,1-6H3;/b47-41+,62-60+,63-61+;. The number of hydrogen-bond donors (Lipinski definition) is 0. The van der Waals surface area contributed by atoms with E-state index in [4.69, 9.17) is 9.98 Å². The Hall–Kier alpha value is -1.99. The first kappa shape index (κ1) is 60.0. The molecule has 0 bridgehead atoms. The van der Waals surface area contributed by atoms with Crippen molar-refractivity contribution in [3.8, 4) is 0 Å². The van der Waals surface area contributed by atoms with Crippen LogP contribution in [0.2, 0.25) is 0 Å². The van der Waals surface area contributed by atoms with Gasteiger partial charge >= 0.3 is 0 Å². The zero-order chi connectivity index (χ0) is 45.3. The van der Waals surface area contributed by atoms with Crippen molar-refractivity contribution in [2.75, 3.05) is 0 Å². The maximum atomic E-state index is 5.60. The van der Waals surface area contributed by atoms with E-state index in [1.54, 1.807) is 11.1 Å². The van der Waals surface area contributed by atoms with E-state index < -0.39 is 0 Å². The van der Waals surface area contributed by atoms with Crippen molar-refractivity contribution in [1.82, 2.24) is 0 Å². The Morgan fingerprint density at radius 2 is 0.688 bits per heavy atom. The summed E-state index contributed by atoms with van der Waals surface area (Å²) in [5.74, 6) is 0. The molecule has 0 aliphatic heterocycles. The Morgan fingerprint density at radius 3 is 1.09 bits per heavy atom. The molecule has 368 valence electrons. The molecule has 2 aromatic carbocycles. The molecule has 2 nitrogen and oxygen atoms in total. The number of hydrogen-bond acceptors (Lipinski definition) is 2. The van der Waals surface area contributed by atoms with Gasteiger partial charge in [-0.3, -0.25) is 4.99 Å². The van der Waals surface area contributed by atoms with Gasteiger partial charge in [-0.2, -0.15) is 0 Å². The summed E-state index contributed by atoms with van der Waals surface area (Å²) in [5.41, 5.74) is 10.6. The first-order chi connectivity index (χ1) is 31.1. The molecule has 2 rings (SSSR count). The molecule has 0 aliphatic carbocycles. The predicted molar refractivity (Wildman–Crippen MR) is 287 cm³/mol. The SMILES string of the molecule is CCCCCCCCCCCCCCCCC/C=C/C(=N\c1ccc(CCCCC)c(CCCCC)c1)C(/CCCCCCCC)=N/c1ccc(CCCCC)c(CCCCC)c1.[Ni]. The minimum atomic E-state index is 0. The second kappa shape index (κ2) is 43.6. The Balaban J connectivity index is 0.0000205. The topological polar surface area (TPSA) is 24.7 Å². The van der Waals surface area contributed by atoms with Crippen LogP contribution in [0.1, 0.15) is 289 Å². The summed E-state index contributed by atoms with van der Waals surface area (Å²) in [7, 11) is 0. The van der Waals surface area contributed by atoms with Gasteiger partial charge in [0.2, 0.25) is 0 Å². The summed E-state index contributed by atoms with van der Waals surface area (Å²) in [4.78, 5) is 11.2. The smallest absolute Gasteiger partial charge is 0.0848 e. The first-order valence-corrected chi connectivity index (χ1v) is 28.2. The van der Waals surface area contributed by atoms with E-state index in [9.17, 15) is 0 Å². The van der Waals surface area contributed by atoms with Gasteiger partial charge in [0.15, 0.2) is 0 Å². The third-order valence-electron chi connectivity index (χ3n) is 13.4. The Bertz CT molecular complexity index is 1450. The van der Waals surface area contributed by atoms with Crippen molar-refractivity contribution in [2.24, 2.45) is 9.98 Å². The van der Waals surface area contributed by atoms with Gasteiger partial charge < -0.3 is 0 Å². The second-order valence-electron chi connectivity index (χ2n) is 19.4. The Labute approximate surface area is 410 Å². The number of benzene rings is 2. The molecule has 0 radical (unpaired) electrons. The van der Waals surface area contributed by atoms with Crippen molar-refractivity contribution in [3.63, 3.8) is 0 Å². The van der Waals surface area contributed by atoms with E-state index in [2.05, 4.69) is 90.1 Å². The molecule has 0 heterocycles. The number of rotatable bonds is 43. The van der Waals surface area contributed by atoms with E-state index in [1.807, 2.05) is 0 Å². The van der Waals surface area contributed by atoms with Crippen LogP contribution < -0.4 is 0 Å². The molecule has 64 heavy (non-hydrogen) atoms. The molecule has 0 saturated heterocycles. The van der Waals surface area contributed by atoms with Gasteiger partial charge in [0.1, 0.15) is 0 Å². The molecule has 0 unspecified atom stereocenters. The van der Waals surface area contributed by atoms with Gasteiger partial charge in [0.25, 0.3) is 0 Å². The van der Waals surface area contributed by atoms with Crippen molar-refractivity contribution in [3.05, 3.63) is 70.8 Å². The molecule has 0 aliphatic rings. The summed E-state index contributed by atoms with van der Waals surface area (Å²) in [6, 6.07) is 14.4. The number of nitrogens with zero attached hydrogens (tertiary/aromatic N) is 2. The van der Waals surface area contributed by atoms with Crippen LogP contribution in [-0.4, -0.2) is 11.4 Å². The average molecular weight is 924 g/mol. The molecular weight excluding hydrogens is 819 g/mol. The fraction of sp³-hybridized carbons (Fsp3) is 0.738. The van der Waals surface area contributed by atoms with Gasteiger partial charge in [-0.05, 0) is 130 Å². The summed E-state index contributed by atoms with van der Waals surface area (Å²) in [6.07, 6.45) is 55.8. The quantitative estimate of drug-likeness (QED) is 0.0360. The Morgan fingerprint density at radius 1 is 0.359 bits per heavy atom. The first-order valence-electron chi connectivity index (χ1n) is 28.2. The van der Waals surface area contributed by atoms with E-state index >= 15 is 0 Å². The molecule has 0 aromatic heterocycles. The molecule has 0 N–H and O–H groups in total. The third-order valence-corrected chi connectivity index (χ3v) is 13.4.